The molecule has 0 aliphatic heterocycles. The Hall–Kier alpha value is -1.05. The van der Waals surface area contributed by atoms with Gasteiger partial charge in [-0.2, -0.15) is 0 Å². The van der Waals surface area contributed by atoms with Crippen molar-refractivity contribution in [1.82, 2.24) is 0 Å². The highest BCUT2D eigenvalue weighted by Crippen LogP contribution is 1.95. The molecule has 0 unspecified atom stereocenters. The molecule has 4 nitrogen and oxygen atoms in total. The lowest BCUT2D eigenvalue weighted by molar-refractivity contribution is 0.177. The average molecular weight is 169 g/mol. The molecular formula is C8H15N3O. The van der Waals surface area contributed by atoms with Gasteiger partial charge in [-0.25, -0.2) is 0 Å². The van der Waals surface area contributed by atoms with Gasteiger partial charge < -0.3 is 16.3 Å². The lowest BCUT2D eigenvalue weighted by atomic mass is 10.1. The molecule has 0 aromatic rings. The number of hydrogen-bond acceptors (Lipinski definition) is 4. The summed E-state index contributed by atoms with van der Waals surface area (Å²) in [6.45, 7) is 2.95. The Balaban J connectivity index is 3.89. The van der Waals surface area contributed by atoms with Crippen LogP contribution in [0.3, 0.4) is 0 Å². The summed E-state index contributed by atoms with van der Waals surface area (Å²) in [5.41, 5.74) is 11.7. The largest absolute Gasteiger partial charge is 0.383 e. The number of hydrogen-bond donors (Lipinski definition) is 2. The summed E-state index contributed by atoms with van der Waals surface area (Å²) in [5.74, 6) is 2.39. The van der Waals surface area contributed by atoms with Crippen LogP contribution in [-0.2, 0) is 4.84 Å². The molecule has 0 bridgehead atoms. The van der Waals surface area contributed by atoms with E-state index in [0.29, 0.717) is 13.1 Å². The summed E-state index contributed by atoms with van der Waals surface area (Å²) in [5, 5.41) is 3.77. The minimum Gasteiger partial charge on any atom is -0.383 e. The lowest BCUT2D eigenvalue weighted by Gasteiger charge is -2.09. The first-order valence-electron chi connectivity index (χ1n) is 3.76. The summed E-state index contributed by atoms with van der Waals surface area (Å²) in [6, 6.07) is 0. The maximum atomic E-state index is 5.43. The van der Waals surface area contributed by atoms with E-state index in [2.05, 4.69) is 11.1 Å². The molecule has 0 saturated heterocycles. The minimum atomic E-state index is 0.0859. The molecule has 0 rings (SSSR count). The van der Waals surface area contributed by atoms with E-state index in [9.17, 15) is 0 Å². The third-order valence-electron chi connectivity index (χ3n) is 1.52. The first kappa shape index (κ1) is 11.0. The molecule has 12 heavy (non-hydrogen) atoms. The van der Waals surface area contributed by atoms with Crippen molar-refractivity contribution in [1.29, 1.82) is 0 Å². The summed E-state index contributed by atoms with van der Waals surface area (Å²) >= 11 is 0. The molecule has 0 radical (unpaired) electrons. The van der Waals surface area contributed by atoms with Crippen molar-refractivity contribution in [3.05, 3.63) is 0 Å². The van der Waals surface area contributed by atoms with Gasteiger partial charge in [0.1, 0.15) is 0 Å². The molecule has 0 fully saturated rings. The second-order valence-electron chi connectivity index (χ2n) is 2.38. The highest BCUT2D eigenvalue weighted by Gasteiger charge is 2.07. The Labute approximate surface area is 72.9 Å². The van der Waals surface area contributed by atoms with Crippen molar-refractivity contribution in [3.63, 3.8) is 0 Å². The highest BCUT2D eigenvalue weighted by atomic mass is 16.6. The number of nitrogens with two attached hydrogens (primary N) is 2. The summed E-state index contributed by atoms with van der Waals surface area (Å²) in [6.07, 6.45) is 4.96. The average Bonchev–Trinajstić information content (AvgIpc) is 2.07. The molecule has 0 heterocycles. The monoisotopic (exact) mass is 169 g/mol. The maximum absolute atomic E-state index is 5.43. The van der Waals surface area contributed by atoms with Crippen molar-refractivity contribution in [2.24, 2.45) is 22.5 Å². The van der Waals surface area contributed by atoms with Gasteiger partial charge in [0.25, 0.3) is 0 Å². The first-order valence-corrected chi connectivity index (χ1v) is 3.76. The molecular weight excluding hydrogens is 154 g/mol. The van der Waals surface area contributed by atoms with Crippen LogP contribution in [0.25, 0.3) is 0 Å². The highest BCUT2D eigenvalue weighted by molar-refractivity contribution is 5.84. The molecule has 0 aromatic carbocycles. The molecule has 0 saturated carbocycles. The fraction of sp³-hybridized carbons (Fsp3) is 0.625. The van der Waals surface area contributed by atoms with Crippen LogP contribution < -0.4 is 11.5 Å². The van der Waals surface area contributed by atoms with Crippen LogP contribution in [0.5, 0.6) is 0 Å². The van der Waals surface area contributed by atoms with E-state index in [0.717, 1.165) is 5.71 Å². The van der Waals surface area contributed by atoms with Gasteiger partial charge in [-0.3, -0.25) is 0 Å². The van der Waals surface area contributed by atoms with E-state index >= 15 is 0 Å². The Bertz CT molecular complexity index is 179. The van der Waals surface area contributed by atoms with E-state index in [1.165, 1.54) is 0 Å². The molecule has 4 heteroatoms. The van der Waals surface area contributed by atoms with Crippen molar-refractivity contribution >= 4 is 5.71 Å². The summed E-state index contributed by atoms with van der Waals surface area (Å²) in [7, 11) is 0. The van der Waals surface area contributed by atoms with Crippen molar-refractivity contribution in [2.75, 3.05) is 19.7 Å². The molecule has 0 spiro atoms. The van der Waals surface area contributed by atoms with E-state index in [1.807, 2.05) is 6.92 Å². The van der Waals surface area contributed by atoms with Crippen LogP contribution in [0.1, 0.15) is 6.92 Å². The quantitative estimate of drug-likeness (QED) is 0.253. The fourth-order valence-electron chi connectivity index (χ4n) is 0.683. The smallest absolute Gasteiger partial charge is 0.177 e. The molecule has 0 atom stereocenters. The van der Waals surface area contributed by atoms with E-state index in [1.54, 1.807) is 0 Å². The van der Waals surface area contributed by atoms with Gasteiger partial charge in [0.15, 0.2) is 6.61 Å². The van der Waals surface area contributed by atoms with Gasteiger partial charge in [0.05, 0.1) is 5.71 Å². The van der Waals surface area contributed by atoms with Gasteiger partial charge >= 0.3 is 0 Å². The molecule has 4 N–H and O–H groups in total. The van der Waals surface area contributed by atoms with Gasteiger partial charge in [0.2, 0.25) is 0 Å². The summed E-state index contributed by atoms with van der Waals surface area (Å²) in [4.78, 5) is 4.77. The number of nitrogens with zero attached hydrogens (tertiary/aromatic N) is 1. The molecule has 68 valence electrons. The van der Waals surface area contributed by atoms with Crippen LogP contribution in [-0.4, -0.2) is 25.4 Å². The zero-order valence-corrected chi connectivity index (χ0v) is 7.29. The predicted molar refractivity (Wildman–Crippen MR) is 49.5 cm³/mol. The SMILES string of the molecule is C#CCON=C(C)C(CN)CN. The summed E-state index contributed by atoms with van der Waals surface area (Å²) < 4.78 is 0. The van der Waals surface area contributed by atoms with Crippen LogP contribution in [0.15, 0.2) is 5.16 Å². The zero-order valence-electron chi connectivity index (χ0n) is 7.29. The Kier molecular flexibility index (Phi) is 6.07. The second-order valence-corrected chi connectivity index (χ2v) is 2.38. The van der Waals surface area contributed by atoms with Crippen LogP contribution in [0.4, 0.5) is 0 Å². The fourth-order valence-corrected chi connectivity index (χ4v) is 0.683. The number of terminal acetylenes is 1. The Morgan fingerprint density at radius 1 is 1.58 bits per heavy atom. The zero-order chi connectivity index (χ0) is 9.40. The van der Waals surface area contributed by atoms with Gasteiger partial charge in [0, 0.05) is 19.0 Å². The van der Waals surface area contributed by atoms with Crippen LogP contribution in [0, 0.1) is 18.3 Å². The third-order valence-corrected chi connectivity index (χ3v) is 1.52. The number of rotatable bonds is 5. The third kappa shape index (κ3) is 3.96. The van der Waals surface area contributed by atoms with Gasteiger partial charge in [-0.05, 0) is 6.92 Å². The van der Waals surface area contributed by atoms with Crippen molar-refractivity contribution in [3.8, 4) is 12.3 Å². The van der Waals surface area contributed by atoms with E-state index in [-0.39, 0.29) is 12.5 Å². The molecule has 0 aliphatic rings. The lowest BCUT2D eigenvalue weighted by Crippen LogP contribution is -2.29. The van der Waals surface area contributed by atoms with Gasteiger partial charge in [-0.15, -0.1) is 6.42 Å². The van der Waals surface area contributed by atoms with Crippen LogP contribution >= 0.6 is 0 Å². The van der Waals surface area contributed by atoms with Gasteiger partial charge in [-0.1, -0.05) is 11.1 Å². The predicted octanol–water partition coefficient (Wildman–Crippen LogP) is -0.454. The number of oxime groups is 1. The van der Waals surface area contributed by atoms with Crippen molar-refractivity contribution in [2.45, 2.75) is 6.92 Å². The van der Waals surface area contributed by atoms with E-state index in [4.69, 9.17) is 22.7 Å². The normalized spacial score (nSPS) is 11.4. The second kappa shape index (κ2) is 6.65. The molecule has 0 amide bonds. The first-order chi connectivity index (χ1) is 5.76. The molecule has 0 aliphatic carbocycles. The van der Waals surface area contributed by atoms with Crippen molar-refractivity contribution < 1.29 is 4.84 Å². The topological polar surface area (TPSA) is 73.6 Å². The van der Waals surface area contributed by atoms with Crippen LogP contribution in [0.2, 0.25) is 0 Å². The Morgan fingerprint density at radius 3 is 2.58 bits per heavy atom. The minimum absolute atomic E-state index is 0.0859. The molecule has 0 aromatic heterocycles. The van der Waals surface area contributed by atoms with E-state index < -0.39 is 0 Å². The maximum Gasteiger partial charge on any atom is 0.177 e. The Morgan fingerprint density at radius 2 is 2.17 bits per heavy atom. The standard InChI is InChI=1S/C8H15N3O/c1-3-4-12-11-7(2)8(5-9)6-10/h1,8H,4-6,9-10H2,2H3.